The maximum Gasteiger partial charge on any atom is 0.247 e. The van der Waals surface area contributed by atoms with E-state index < -0.39 is 6.23 Å². The minimum absolute atomic E-state index is 0.468. The zero-order valence-corrected chi connectivity index (χ0v) is 20.2. The number of anilines is 1. The summed E-state index contributed by atoms with van der Waals surface area (Å²) >= 11 is 1.63. The van der Waals surface area contributed by atoms with Gasteiger partial charge in [-0.3, -0.25) is 0 Å². The number of unbranched alkanes of at least 4 members (excludes halogenated alkanes) is 4. The monoisotopic (exact) mass is 466 g/mol. The van der Waals surface area contributed by atoms with E-state index in [4.69, 9.17) is 19.2 Å². The first-order valence-electron chi connectivity index (χ1n) is 11.4. The summed E-state index contributed by atoms with van der Waals surface area (Å²) < 4.78 is 17.2. The quantitative estimate of drug-likeness (QED) is 0.283. The van der Waals surface area contributed by atoms with Crippen LogP contribution in [0.1, 0.15) is 50.8 Å². The van der Waals surface area contributed by atoms with E-state index in [9.17, 15) is 0 Å². The third-order valence-electron chi connectivity index (χ3n) is 5.52. The molecule has 1 unspecified atom stereocenters. The van der Waals surface area contributed by atoms with Crippen molar-refractivity contribution in [2.45, 2.75) is 50.4 Å². The van der Waals surface area contributed by atoms with Crippen LogP contribution in [-0.4, -0.2) is 35.2 Å². The molecule has 1 aromatic heterocycles. The highest BCUT2D eigenvalue weighted by Crippen LogP contribution is 2.40. The molecule has 2 heterocycles. The van der Waals surface area contributed by atoms with Gasteiger partial charge in [0.1, 0.15) is 0 Å². The van der Waals surface area contributed by atoms with Gasteiger partial charge in [0.15, 0.2) is 23.4 Å². The summed E-state index contributed by atoms with van der Waals surface area (Å²) in [6.45, 7) is 2.23. The molecule has 8 heteroatoms. The summed E-state index contributed by atoms with van der Waals surface area (Å²) in [6, 6.07) is 13.7. The Bertz CT molecular complexity index is 1080. The van der Waals surface area contributed by atoms with Gasteiger partial charge in [-0.15, -0.1) is 10.2 Å². The Morgan fingerprint density at radius 2 is 1.79 bits per heavy atom. The lowest BCUT2D eigenvalue weighted by Crippen LogP contribution is -2.17. The maximum atomic E-state index is 6.36. The zero-order chi connectivity index (χ0) is 23.0. The molecule has 1 N–H and O–H groups in total. The predicted octanol–water partition coefficient (Wildman–Crippen LogP) is 6.12. The SMILES string of the molecule is CCCCCCCSc1nnc2c(n1)OC(c1ccc(OC)c(OC)c1)Nc1ccccc1-2. The fraction of sp³-hybridized carbons (Fsp3) is 0.400. The van der Waals surface area contributed by atoms with Gasteiger partial charge in [0.05, 0.1) is 14.2 Å². The molecular formula is C25H30N4O3S. The number of nitrogens with zero attached hydrogens (tertiary/aromatic N) is 3. The Morgan fingerprint density at radius 3 is 2.61 bits per heavy atom. The van der Waals surface area contributed by atoms with Crippen molar-refractivity contribution in [1.29, 1.82) is 0 Å². The number of methoxy groups -OCH3 is 2. The van der Waals surface area contributed by atoms with Crippen molar-refractivity contribution in [3.8, 4) is 28.6 Å². The van der Waals surface area contributed by atoms with Crippen molar-refractivity contribution in [2.75, 3.05) is 25.3 Å². The summed E-state index contributed by atoms with van der Waals surface area (Å²) in [5.41, 5.74) is 3.34. The van der Waals surface area contributed by atoms with Gasteiger partial charge in [-0.05, 0) is 30.7 Å². The fourth-order valence-electron chi connectivity index (χ4n) is 3.74. The van der Waals surface area contributed by atoms with Gasteiger partial charge in [-0.25, -0.2) is 0 Å². The van der Waals surface area contributed by atoms with Gasteiger partial charge >= 0.3 is 0 Å². The molecule has 1 atom stereocenters. The second kappa shape index (κ2) is 11.2. The molecular weight excluding hydrogens is 436 g/mol. The van der Waals surface area contributed by atoms with Gasteiger partial charge < -0.3 is 19.5 Å². The second-order valence-electron chi connectivity index (χ2n) is 7.81. The molecule has 174 valence electrons. The normalized spacial score (nSPS) is 14.3. The third-order valence-corrected chi connectivity index (χ3v) is 6.45. The number of hydrogen-bond acceptors (Lipinski definition) is 8. The van der Waals surface area contributed by atoms with E-state index in [1.807, 2.05) is 42.5 Å². The molecule has 0 spiro atoms. The van der Waals surface area contributed by atoms with Crippen molar-refractivity contribution < 1.29 is 14.2 Å². The van der Waals surface area contributed by atoms with Crippen LogP contribution >= 0.6 is 11.8 Å². The molecule has 4 rings (SSSR count). The summed E-state index contributed by atoms with van der Waals surface area (Å²) in [4.78, 5) is 4.73. The highest BCUT2D eigenvalue weighted by Gasteiger charge is 2.26. The molecule has 1 aliphatic heterocycles. The lowest BCUT2D eigenvalue weighted by atomic mass is 10.1. The molecule has 33 heavy (non-hydrogen) atoms. The van der Waals surface area contributed by atoms with E-state index in [0.717, 1.165) is 29.0 Å². The molecule has 3 aromatic rings. The van der Waals surface area contributed by atoms with Gasteiger partial charge in [0.2, 0.25) is 11.0 Å². The molecule has 1 aliphatic rings. The van der Waals surface area contributed by atoms with Crippen LogP contribution in [0.4, 0.5) is 5.69 Å². The van der Waals surface area contributed by atoms with Crippen LogP contribution in [0.25, 0.3) is 11.3 Å². The van der Waals surface area contributed by atoms with Crippen molar-refractivity contribution in [2.24, 2.45) is 0 Å². The maximum absolute atomic E-state index is 6.36. The lowest BCUT2D eigenvalue weighted by Gasteiger charge is -2.20. The first kappa shape index (κ1) is 23.2. The lowest BCUT2D eigenvalue weighted by molar-refractivity contribution is 0.224. The predicted molar refractivity (Wildman–Crippen MR) is 131 cm³/mol. The smallest absolute Gasteiger partial charge is 0.247 e. The van der Waals surface area contributed by atoms with E-state index in [0.29, 0.717) is 28.2 Å². The molecule has 0 radical (unpaired) electrons. The highest BCUT2D eigenvalue weighted by molar-refractivity contribution is 7.99. The Hall–Kier alpha value is -3.00. The second-order valence-corrected chi connectivity index (χ2v) is 8.88. The van der Waals surface area contributed by atoms with Crippen molar-refractivity contribution in [3.63, 3.8) is 0 Å². The Labute approximate surface area is 199 Å². The van der Waals surface area contributed by atoms with Crippen LogP contribution in [-0.2, 0) is 0 Å². The van der Waals surface area contributed by atoms with E-state index in [1.165, 1.54) is 25.7 Å². The van der Waals surface area contributed by atoms with Crippen molar-refractivity contribution in [1.82, 2.24) is 15.2 Å². The topological polar surface area (TPSA) is 78.4 Å². The van der Waals surface area contributed by atoms with Crippen molar-refractivity contribution in [3.05, 3.63) is 48.0 Å². The number of ether oxygens (including phenoxy) is 3. The number of thioether (sulfide) groups is 1. The molecule has 0 saturated heterocycles. The van der Waals surface area contributed by atoms with Crippen LogP contribution in [0.3, 0.4) is 0 Å². The minimum atomic E-state index is -0.476. The Balaban J connectivity index is 1.60. The molecule has 0 amide bonds. The fourth-order valence-corrected chi connectivity index (χ4v) is 4.52. The number of fused-ring (bicyclic) bond motifs is 3. The van der Waals surface area contributed by atoms with Gasteiger partial charge in [0.25, 0.3) is 0 Å². The minimum Gasteiger partial charge on any atom is -0.493 e. The van der Waals surface area contributed by atoms with E-state index in [1.54, 1.807) is 26.0 Å². The van der Waals surface area contributed by atoms with E-state index in [2.05, 4.69) is 22.4 Å². The molecule has 0 aliphatic carbocycles. The van der Waals surface area contributed by atoms with Crippen LogP contribution in [0.15, 0.2) is 47.6 Å². The molecule has 7 nitrogen and oxygen atoms in total. The first-order chi connectivity index (χ1) is 16.2. The first-order valence-corrected chi connectivity index (χ1v) is 12.3. The van der Waals surface area contributed by atoms with E-state index in [-0.39, 0.29) is 0 Å². The largest absolute Gasteiger partial charge is 0.493 e. The zero-order valence-electron chi connectivity index (χ0n) is 19.3. The molecule has 0 saturated carbocycles. The van der Waals surface area contributed by atoms with Crippen LogP contribution in [0, 0.1) is 0 Å². The Kier molecular flexibility index (Phi) is 7.88. The van der Waals surface area contributed by atoms with Crippen molar-refractivity contribution >= 4 is 17.4 Å². The van der Waals surface area contributed by atoms with Crippen LogP contribution < -0.4 is 19.5 Å². The average Bonchev–Trinajstić information content (AvgIpc) is 3.02. The van der Waals surface area contributed by atoms with E-state index >= 15 is 0 Å². The van der Waals surface area contributed by atoms with Crippen LogP contribution in [0.2, 0.25) is 0 Å². The highest BCUT2D eigenvalue weighted by atomic mass is 32.2. The molecule has 0 bridgehead atoms. The standard InChI is InChI=1S/C25H30N4O3S/c1-4-5-6-7-10-15-33-25-27-24-22(28-29-25)18-11-8-9-12-19(18)26-23(32-24)17-13-14-20(30-2)21(16-17)31-3/h8-9,11-14,16,23,26H,4-7,10,15H2,1-3H3. The average molecular weight is 467 g/mol. The summed E-state index contributed by atoms with van der Waals surface area (Å²) in [6.07, 6.45) is 5.71. The summed E-state index contributed by atoms with van der Waals surface area (Å²) in [5, 5.41) is 13.0. The summed E-state index contributed by atoms with van der Waals surface area (Å²) in [5.74, 6) is 2.74. The van der Waals surface area contributed by atoms with Crippen LogP contribution in [0.5, 0.6) is 17.4 Å². The molecule has 2 aromatic carbocycles. The number of hydrogen-bond donors (Lipinski definition) is 1. The van der Waals surface area contributed by atoms with Gasteiger partial charge in [0, 0.05) is 22.6 Å². The number of rotatable bonds is 10. The van der Waals surface area contributed by atoms with Gasteiger partial charge in [-0.2, -0.15) is 4.98 Å². The number of benzene rings is 2. The third kappa shape index (κ3) is 5.50. The number of aromatic nitrogens is 3. The van der Waals surface area contributed by atoms with Gasteiger partial charge in [-0.1, -0.05) is 62.6 Å². The number of para-hydroxylation sites is 1. The molecule has 0 fully saturated rings. The Morgan fingerprint density at radius 1 is 0.970 bits per heavy atom. The number of nitrogens with one attached hydrogen (secondary N) is 1. The summed E-state index contributed by atoms with van der Waals surface area (Å²) in [7, 11) is 3.24.